The molecule has 5 heteroatoms. The zero-order valence-corrected chi connectivity index (χ0v) is 12.4. The summed E-state index contributed by atoms with van der Waals surface area (Å²) >= 11 is 6.05. The predicted octanol–water partition coefficient (Wildman–Crippen LogP) is 4.35. The van der Waals surface area contributed by atoms with Gasteiger partial charge in [-0.3, -0.25) is 4.79 Å². The zero-order chi connectivity index (χ0) is 15.0. The van der Waals surface area contributed by atoms with Gasteiger partial charge in [-0.25, -0.2) is 4.98 Å². The first-order valence-electron chi connectivity index (χ1n) is 6.47. The second-order valence-corrected chi connectivity index (χ2v) is 5.24. The molecule has 4 nitrogen and oxygen atoms in total. The van der Waals surface area contributed by atoms with E-state index in [-0.39, 0.29) is 5.91 Å². The highest BCUT2D eigenvalue weighted by Gasteiger charge is 2.10. The largest absolute Gasteiger partial charge is 0.441 e. The Bertz CT molecular complexity index is 839. The number of nitrogens with one attached hydrogen (secondary N) is 1. The average molecular weight is 301 g/mol. The van der Waals surface area contributed by atoms with Crippen molar-refractivity contribution in [2.75, 3.05) is 5.32 Å². The fourth-order valence-corrected chi connectivity index (χ4v) is 2.24. The van der Waals surface area contributed by atoms with Crippen molar-refractivity contribution in [1.82, 2.24) is 4.98 Å². The number of carbonyl (C=O) groups is 1. The first kappa shape index (κ1) is 13.6. The predicted molar refractivity (Wildman–Crippen MR) is 82.9 cm³/mol. The van der Waals surface area contributed by atoms with Crippen LogP contribution in [0.2, 0.25) is 5.02 Å². The number of halogens is 1. The first-order valence-corrected chi connectivity index (χ1v) is 6.85. The molecule has 0 aliphatic carbocycles. The monoisotopic (exact) mass is 300 g/mol. The topological polar surface area (TPSA) is 55.1 Å². The third kappa shape index (κ3) is 2.76. The first-order chi connectivity index (χ1) is 10.0. The minimum Gasteiger partial charge on any atom is -0.441 e. The second-order valence-electron chi connectivity index (χ2n) is 4.83. The number of oxazole rings is 1. The Hall–Kier alpha value is -2.33. The Morgan fingerprint density at radius 3 is 2.76 bits per heavy atom. The van der Waals surface area contributed by atoms with Gasteiger partial charge in [-0.05, 0) is 42.8 Å². The molecule has 21 heavy (non-hydrogen) atoms. The Kier molecular flexibility index (Phi) is 3.39. The van der Waals surface area contributed by atoms with Crippen LogP contribution in [0.3, 0.4) is 0 Å². The van der Waals surface area contributed by atoms with E-state index < -0.39 is 0 Å². The van der Waals surface area contributed by atoms with Crippen LogP contribution in [0.5, 0.6) is 0 Å². The number of carbonyl (C=O) groups excluding carboxylic acids is 1. The lowest BCUT2D eigenvalue weighted by Gasteiger charge is -2.06. The lowest BCUT2D eigenvalue weighted by Crippen LogP contribution is -2.11. The molecule has 0 atom stereocenters. The van der Waals surface area contributed by atoms with E-state index in [1.807, 2.05) is 19.1 Å². The molecule has 0 aliphatic heterocycles. The molecular formula is C16H13ClN2O2. The van der Waals surface area contributed by atoms with E-state index in [2.05, 4.69) is 10.3 Å². The van der Waals surface area contributed by atoms with Crippen molar-refractivity contribution in [2.45, 2.75) is 13.8 Å². The maximum atomic E-state index is 12.2. The maximum absolute atomic E-state index is 12.2. The smallest absolute Gasteiger partial charge is 0.255 e. The van der Waals surface area contributed by atoms with Crippen LogP contribution in [0.1, 0.15) is 21.8 Å². The van der Waals surface area contributed by atoms with Crippen molar-refractivity contribution in [3.63, 3.8) is 0 Å². The van der Waals surface area contributed by atoms with E-state index in [9.17, 15) is 4.79 Å². The molecule has 0 unspecified atom stereocenters. The highest BCUT2D eigenvalue weighted by Crippen LogP contribution is 2.21. The lowest BCUT2D eigenvalue weighted by molar-refractivity contribution is 0.102. The van der Waals surface area contributed by atoms with Gasteiger partial charge in [-0.2, -0.15) is 0 Å². The number of anilines is 1. The van der Waals surface area contributed by atoms with Crippen LogP contribution in [0.4, 0.5) is 5.69 Å². The van der Waals surface area contributed by atoms with Gasteiger partial charge in [-0.1, -0.05) is 17.7 Å². The molecule has 3 rings (SSSR count). The Labute approximate surface area is 126 Å². The summed E-state index contributed by atoms with van der Waals surface area (Å²) in [6.07, 6.45) is 0. The van der Waals surface area contributed by atoms with E-state index >= 15 is 0 Å². The van der Waals surface area contributed by atoms with Gasteiger partial charge in [0.1, 0.15) is 5.52 Å². The number of aryl methyl sites for hydroxylation is 2. The molecule has 2 aromatic carbocycles. The number of amides is 1. The van der Waals surface area contributed by atoms with Gasteiger partial charge < -0.3 is 9.73 Å². The summed E-state index contributed by atoms with van der Waals surface area (Å²) in [7, 11) is 0. The molecular weight excluding hydrogens is 288 g/mol. The molecule has 0 saturated carbocycles. The molecule has 0 aliphatic rings. The molecule has 0 saturated heterocycles. The van der Waals surface area contributed by atoms with Gasteiger partial charge in [0.15, 0.2) is 11.5 Å². The number of fused-ring (bicyclic) bond motifs is 1. The molecule has 1 amide bonds. The lowest BCUT2D eigenvalue weighted by atomic mass is 10.1. The van der Waals surface area contributed by atoms with Crippen LogP contribution in [-0.2, 0) is 0 Å². The van der Waals surface area contributed by atoms with Crippen LogP contribution in [0.15, 0.2) is 40.8 Å². The SMILES string of the molecule is Cc1nc2cc(C(=O)Nc3ccc(C)c(Cl)c3)ccc2o1. The highest BCUT2D eigenvalue weighted by atomic mass is 35.5. The van der Waals surface area contributed by atoms with E-state index in [4.69, 9.17) is 16.0 Å². The van der Waals surface area contributed by atoms with Gasteiger partial charge >= 0.3 is 0 Å². The molecule has 1 N–H and O–H groups in total. The summed E-state index contributed by atoms with van der Waals surface area (Å²) in [6, 6.07) is 10.6. The number of benzene rings is 2. The van der Waals surface area contributed by atoms with Crippen molar-refractivity contribution < 1.29 is 9.21 Å². The molecule has 0 radical (unpaired) electrons. The Morgan fingerprint density at radius 1 is 1.19 bits per heavy atom. The maximum Gasteiger partial charge on any atom is 0.255 e. The number of aromatic nitrogens is 1. The third-order valence-corrected chi connectivity index (χ3v) is 3.59. The van der Waals surface area contributed by atoms with E-state index in [0.717, 1.165) is 5.56 Å². The summed E-state index contributed by atoms with van der Waals surface area (Å²) in [5.74, 6) is 0.366. The van der Waals surface area contributed by atoms with Crippen molar-refractivity contribution in [3.05, 3.63) is 58.4 Å². The van der Waals surface area contributed by atoms with E-state index in [0.29, 0.717) is 33.3 Å². The molecule has 0 bridgehead atoms. The number of hydrogen-bond donors (Lipinski definition) is 1. The van der Waals surface area contributed by atoms with E-state index in [1.165, 1.54) is 0 Å². The number of rotatable bonds is 2. The highest BCUT2D eigenvalue weighted by molar-refractivity contribution is 6.31. The third-order valence-electron chi connectivity index (χ3n) is 3.19. The number of nitrogens with zero attached hydrogens (tertiary/aromatic N) is 1. The fourth-order valence-electron chi connectivity index (χ4n) is 2.06. The van der Waals surface area contributed by atoms with Gasteiger partial charge in [0.25, 0.3) is 5.91 Å². The van der Waals surface area contributed by atoms with Gasteiger partial charge in [-0.15, -0.1) is 0 Å². The quantitative estimate of drug-likeness (QED) is 0.765. The van der Waals surface area contributed by atoms with Crippen LogP contribution in [0, 0.1) is 13.8 Å². The van der Waals surface area contributed by atoms with Gasteiger partial charge in [0.05, 0.1) is 0 Å². The minimum atomic E-state index is -0.211. The van der Waals surface area contributed by atoms with Crippen LogP contribution < -0.4 is 5.32 Å². The molecule has 0 spiro atoms. The Balaban J connectivity index is 1.87. The fraction of sp³-hybridized carbons (Fsp3) is 0.125. The molecule has 0 fully saturated rings. The average Bonchev–Trinajstić information content (AvgIpc) is 2.82. The van der Waals surface area contributed by atoms with Crippen LogP contribution >= 0.6 is 11.6 Å². The van der Waals surface area contributed by atoms with Crippen molar-refractivity contribution in [2.24, 2.45) is 0 Å². The molecule has 106 valence electrons. The zero-order valence-electron chi connectivity index (χ0n) is 11.6. The molecule has 1 heterocycles. The van der Waals surface area contributed by atoms with Gasteiger partial charge in [0.2, 0.25) is 0 Å². The summed E-state index contributed by atoms with van der Waals surface area (Å²) in [4.78, 5) is 16.5. The standard InChI is InChI=1S/C16H13ClN2O2/c1-9-3-5-12(8-13(9)17)19-16(20)11-4-6-15-14(7-11)18-10(2)21-15/h3-8H,1-2H3,(H,19,20). The van der Waals surface area contributed by atoms with Crippen LogP contribution in [0.25, 0.3) is 11.1 Å². The summed E-state index contributed by atoms with van der Waals surface area (Å²) < 4.78 is 5.39. The summed E-state index contributed by atoms with van der Waals surface area (Å²) in [5.41, 5.74) is 3.48. The molecule has 3 aromatic rings. The molecule has 1 aromatic heterocycles. The van der Waals surface area contributed by atoms with Crippen molar-refractivity contribution in [1.29, 1.82) is 0 Å². The van der Waals surface area contributed by atoms with E-state index in [1.54, 1.807) is 31.2 Å². The summed E-state index contributed by atoms with van der Waals surface area (Å²) in [5, 5.41) is 3.44. The summed E-state index contributed by atoms with van der Waals surface area (Å²) in [6.45, 7) is 3.68. The van der Waals surface area contributed by atoms with Crippen LogP contribution in [-0.4, -0.2) is 10.9 Å². The van der Waals surface area contributed by atoms with Crippen molar-refractivity contribution in [3.8, 4) is 0 Å². The van der Waals surface area contributed by atoms with Gasteiger partial charge in [0, 0.05) is 23.2 Å². The second kappa shape index (κ2) is 5.22. The van der Waals surface area contributed by atoms with Crippen molar-refractivity contribution >= 4 is 34.3 Å². The Morgan fingerprint density at radius 2 is 2.00 bits per heavy atom. The number of hydrogen-bond acceptors (Lipinski definition) is 3. The normalized spacial score (nSPS) is 10.8. The minimum absolute atomic E-state index is 0.211.